The summed E-state index contributed by atoms with van der Waals surface area (Å²) >= 11 is 2.40. The number of carbonyl (C=O) groups is 2. The summed E-state index contributed by atoms with van der Waals surface area (Å²) in [5, 5.41) is 11.4. The lowest BCUT2D eigenvalue weighted by Crippen LogP contribution is -2.17. The number of nitrogens with one attached hydrogen (secondary N) is 1. The zero-order valence-electron chi connectivity index (χ0n) is 19.1. The number of thioether (sulfide) groups is 1. The van der Waals surface area contributed by atoms with E-state index >= 15 is 0 Å². The maximum atomic E-state index is 12.8. The second kappa shape index (κ2) is 11.1. The molecule has 35 heavy (non-hydrogen) atoms. The zero-order valence-corrected chi connectivity index (χ0v) is 20.7. The third-order valence-electron chi connectivity index (χ3n) is 4.87. The Bertz CT molecular complexity index is 1340. The minimum Gasteiger partial charge on any atom is -0.496 e. The van der Waals surface area contributed by atoms with Gasteiger partial charge < -0.3 is 20.6 Å². The molecule has 0 aliphatic carbocycles. The Kier molecular flexibility index (Phi) is 7.68. The number of anilines is 1. The standard InChI is InChI=1S/C24H23N5O4S2/c1-3-33-23(31)21-17(13-19(35-21)15-9-5-4-6-10-15)26-20(30)14-34-24-28-27-22(29(24)25)16-11-7-8-12-18(16)32-2/h4-13H,3,14,25H2,1-2H3,(H,26,30). The van der Waals surface area contributed by atoms with Crippen LogP contribution in [0.2, 0.25) is 0 Å². The van der Waals surface area contributed by atoms with Crippen molar-refractivity contribution < 1.29 is 19.1 Å². The highest BCUT2D eigenvalue weighted by Gasteiger charge is 2.21. The molecule has 2 aromatic carbocycles. The monoisotopic (exact) mass is 509 g/mol. The Labute approximate surface area is 210 Å². The van der Waals surface area contributed by atoms with Crippen LogP contribution < -0.4 is 15.9 Å². The molecule has 9 nitrogen and oxygen atoms in total. The molecule has 0 unspecified atom stereocenters. The summed E-state index contributed by atoms with van der Waals surface area (Å²) in [6.07, 6.45) is 0. The molecule has 0 fully saturated rings. The molecule has 2 aromatic heterocycles. The number of hydrogen-bond donors (Lipinski definition) is 2. The smallest absolute Gasteiger partial charge is 0.350 e. The largest absolute Gasteiger partial charge is 0.496 e. The number of nitrogen functional groups attached to an aromatic ring is 1. The van der Waals surface area contributed by atoms with Gasteiger partial charge in [0.05, 0.1) is 30.7 Å². The predicted molar refractivity (Wildman–Crippen MR) is 137 cm³/mol. The fourth-order valence-electron chi connectivity index (χ4n) is 3.28. The molecule has 3 N–H and O–H groups in total. The first-order valence-electron chi connectivity index (χ1n) is 10.6. The molecule has 2 heterocycles. The average molecular weight is 510 g/mol. The number of esters is 1. The van der Waals surface area contributed by atoms with Gasteiger partial charge in [-0.3, -0.25) is 4.79 Å². The molecule has 1 amide bonds. The summed E-state index contributed by atoms with van der Waals surface area (Å²) in [4.78, 5) is 26.4. The molecule has 0 saturated carbocycles. The number of amides is 1. The number of nitrogens with two attached hydrogens (primary N) is 1. The van der Waals surface area contributed by atoms with Crippen molar-refractivity contribution in [3.8, 4) is 27.6 Å². The molecule has 0 spiro atoms. The van der Waals surface area contributed by atoms with E-state index in [2.05, 4.69) is 15.5 Å². The second-order valence-corrected chi connectivity index (χ2v) is 9.15. The maximum absolute atomic E-state index is 12.8. The fraction of sp³-hybridized carbons (Fsp3) is 0.167. The maximum Gasteiger partial charge on any atom is 0.350 e. The quantitative estimate of drug-likeness (QED) is 0.195. The number of benzene rings is 2. The lowest BCUT2D eigenvalue weighted by molar-refractivity contribution is -0.113. The van der Waals surface area contributed by atoms with Gasteiger partial charge in [0.25, 0.3) is 0 Å². The van der Waals surface area contributed by atoms with Crippen LogP contribution in [0.4, 0.5) is 5.69 Å². The van der Waals surface area contributed by atoms with Crippen molar-refractivity contribution in [2.75, 3.05) is 30.6 Å². The van der Waals surface area contributed by atoms with Crippen molar-refractivity contribution in [2.45, 2.75) is 12.1 Å². The van der Waals surface area contributed by atoms with Crippen LogP contribution in [-0.2, 0) is 9.53 Å². The third kappa shape index (κ3) is 5.47. The van der Waals surface area contributed by atoms with Crippen molar-refractivity contribution in [2.24, 2.45) is 0 Å². The van der Waals surface area contributed by atoms with E-state index in [9.17, 15) is 9.59 Å². The minimum atomic E-state index is -0.481. The zero-order chi connectivity index (χ0) is 24.8. The van der Waals surface area contributed by atoms with E-state index < -0.39 is 5.97 Å². The molecule has 0 aliphatic heterocycles. The lowest BCUT2D eigenvalue weighted by atomic mass is 10.2. The first kappa shape index (κ1) is 24.3. The van der Waals surface area contributed by atoms with Gasteiger partial charge in [-0.1, -0.05) is 54.2 Å². The van der Waals surface area contributed by atoms with Gasteiger partial charge in [0.2, 0.25) is 11.1 Å². The highest BCUT2D eigenvalue weighted by molar-refractivity contribution is 7.99. The summed E-state index contributed by atoms with van der Waals surface area (Å²) in [6, 6.07) is 18.7. The second-order valence-electron chi connectivity index (χ2n) is 7.15. The SMILES string of the molecule is CCOC(=O)c1sc(-c2ccccc2)cc1NC(=O)CSc1nnc(-c2ccccc2OC)n1N. The number of aromatic nitrogens is 3. The number of methoxy groups -OCH3 is 1. The molecule has 0 aliphatic rings. The highest BCUT2D eigenvalue weighted by atomic mass is 32.2. The number of thiophene rings is 1. The van der Waals surface area contributed by atoms with Gasteiger partial charge in [-0.15, -0.1) is 21.5 Å². The molecule has 11 heteroatoms. The Balaban J connectivity index is 1.49. The molecule has 0 saturated heterocycles. The van der Waals surface area contributed by atoms with Gasteiger partial charge in [0.15, 0.2) is 5.82 Å². The molecule has 0 bridgehead atoms. The Morgan fingerprint density at radius 2 is 1.86 bits per heavy atom. The van der Waals surface area contributed by atoms with Gasteiger partial charge in [-0.05, 0) is 30.7 Å². The van der Waals surface area contributed by atoms with Crippen molar-refractivity contribution in [1.82, 2.24) is 14.9 Å². The predicted octanol–water partition coefficient (Wildman–Crippen LogP) is 4.30. The van der Waals surface area contributed by atoms with E-state index in [1.54, 1.807) is 26.2 Å². The number of hydrogen-bond acceptors (Lipinski definition) is 9. The summed E-state index contributed by atoms with van der Waals surface area (Å²) in [5.41, 5.74) is 2.03. The number of rotatable bonds is 9. The Morgan fingerprint density at radius 1 is 1.11 bits per heavy atom. The van der Waals surface area contributed by atoms with Gasteiger partial charge in [-0.25, -0.2) is 9.47 Å². The first-order chi connectivity index (χ1) is 17.0. The van der Waals surface area contributed by atoms with E-state index in [0.29, 0.717) is 32.9 Å². The summed E-state index contributed by atoms with van der Waals surface area (Å²) in [6.45, 7) is 1.97. The first-order valence-corrected chi connectivity index (χ1v) is 12.4. The van der Waals surface area contributed by atoms with Gasteiger partial charge in [0, 0.05) is 4.88 Å². The average Bonchev–Trinajstić information content (AvgIpc) is 3.46. The summed E-state index contributed by atoms with van der Waals surface area (Å²) < 4.78 is 11.9. The van der Waals surface area contributed by atoms with Crippen LogP contribution in [0, 0.1) is 0 Å². The van der Waals surface area contributed by atoms with E-state index in [1.807, 2.05) is 48.5 Å². The summed E-state index contributed by atoms with van der Waals surface area (Å²) in [5.74, 6) is 6.43. The van der Waals surface area contributed by atoms with Gasteiger partial charge >= 0.3 is 5.97 Å². The molecular weight excluding hydrogens is 486 g/mol. The van der Waals surface area contributed by atoms with E-state index in [0.717, 1.165) is 22.2 Å². The van der Waals surface area contributed by atoms with Crippen molar-refractivity contribution in [1.29, 1.82) is 0 Å². The topological polar surface area (TPSA) is 121 Å². The normalized spacial score (nSPS) is 10.7. The van der Waals surface area contributed by atoms with Crippen LogP contribution in [0.15, 0.2) is 65.8 Å². The van der Waals surface area contributed by atoms with Crippen LogP contribution >= 0.6 is 23.1 Å². The minimum absolute atomic E-state index is 0.0139. The van der Waals surface area contributed by atoms with Crippen LogP contribution in [0.5, 0.6) is 5.75 Å². The molecule has 4 rings (SSSR count). The van der Waals surface area contributed by atoms with Gasteiger partial charge in [0.1, 0.15) is 10.6 Å². The van der Waals surface area contributed by atoms with E-state index in [-0.39, 0.29) is 18.3 Å². The van der Waals surface area contributed by atoms with Crippen LogP contribution in [0.1, 0.15) is 16.6 Å². The van der Waals surface area contributed by atoms with Crippen LogP contribution in [0.25, 0.3) is 21.8 Å². The van der Waals surface area contributed by atoms with E-state index in [1.165, 1.54) is 16.0 Å². The van der Waals surface area contributed by atoms with Crippen molar-refractivity contribution in [3.05, 3.63) is 65.5 Å². The third-order valence-corrected chi connectivity index (χ3v) is 6.98. The van der Waals surface area contributed by atoms with Crippen molar-refractivity contribution >= 4 is 40.7 Å². The van der Waals surface area contributed by atoms with Crippen LogP contribution in [0.3, 0.4) is 0 Å². The van der Waals surface area contributed by atoms with Crippen LogP contribution in [-0.4, -0.2) is 46.2 Å². The molecular formula is C24H23N5O4S2. The van der Waals surface area contributed by atoms with Crippen molar-refractivity contribution in [3.63, 3.8) is 0 Å². The molecule has 0 radical (unpaired) electrons. The number of carbonyl (C=O) groups excluding carboxylic acids is 2. The number of nitrogens with zero attached hydrogens (tertiary/aromatic N) is 3. The molecule has 0 atom stereocenters. The Morgan fingerprint density at radius 3 is 2.60 bits per heavy atom. The fourth-order valence-corrected chi connectivity index (χ4v) is 4.95. The Hall–Kier alpha value is -3.83. The van der Waals surface area contributed by atoms with E-state index in [4.69, 9.17) is 15.3 Å². The lowest BCUT2D eigenvalue weighted by Gasteiger charge is -2.08. The highest BCUT2D eigenvalue weighted by Crippen LogP contribution is 2.35. The van der Waals surface area contributed by atoms with Gasteiger partial charge in [-0.2, -0.15) is 0 Å². The number of para-hydroxylation sites is 1. The summed E-state index contributed by atoms with van der Waals surface area (Å²) in [7, 11) is 1.56. The molecule has 180 valence electrons. The molecule has 4 aromatic rings. The number of ether oxygens (including phenoxy) is 2.